The van der Waals surface area contributed by atoms with Crippen molar-refractivity contribution in [1.29, 1.82) is 0 Å². The minimum Gasteiger partial charge on any atom is -0.367 e. The molecule has 2 saturated heterocycles. The minimum atomic E-state index is -3.77. The number of nitro benzene ring substituents is 1. The van der Waals surface area contributed by atoms with Crippen molar-refractivity contribution in [1.82, 2.24) is 4.31 Å². The van der Waals surface area contributed by atoms with Gasteiger partial charge in [-0.1, -0.05) is 30.3 Å². The Balaban J connectivity index is 1.65. The molecule has 8 heteroatoms. The van der Waals surface area contributed by atoms with Gasteiger partial charge in [0.15, 0.2) is 0 Å². The standard InChI is InChI=1S/C22H27N3O4S/c26-25(27)20-12-13-21(22(17-20)30(28,29)23-14-4-5-15-23)24-16-6-9-19(24)11-10-18-7-2-1-3-8-18/h1-3,7-8,12-13,17,19H,4-6,9-11,14-16H2. The highest BCUT2D eigenvalue weighted by atomic mass is 32.2. The summed E-state index contributed by atoms with van der Waals surface area (Å²) in [6.45, 7) is 1.71. The van der Waals surface area contributed by atoms with Gasteiger partial charge in [0.2, 0.25) is 10.0 Å². The number of rotatable bonds is 7. The highest BCUT2D eigenvalue weighted by molar-refractivity contribution is 7.89. The number of hydrogen-bond acceptors (Lipinski definition) is 5. The van der Waals surface area contributed by atoms with E-state index in [1.807, 2.05) is 18.2 Å². The zero-order valence-electron chi connectivity index (χ0n) is 16.9. The van der Waals surface area contributed by atoms with Gasteiger partial charge in [-0.05, 0) is 50.2 Å². The maximum atomic E-state index is 13.3. The molecule has 30 heavy (non-hydrogen) atoms. The van der Waals surface area contributed by atoms with Crippen LogP contribution in [-0.2, 0) is 16.4 Å². The van der Waals surface area contributed by atoms with Gasteiger partial charge >= 0.3 is 0 Å². The van der Waals surface area contributed by atoms with Gasteiger partial charge in [0.25, 0.3) is 5.69 Å². The smallest absolute Gasteiger partial charge is 0.270 e. The highest BCUT2D eigenvalue weighted by Gasteiger charge is 2.35. The summed E-state index contributed by atoms with van der Waals surface area (Å²) in [6.07, 6.45) is 5.47. The van der Waals surface area contributed by atoms with Crippen molar-refractivity contribution >= 4 is 21.4 Å². The number of sulfonamides is 1. The molecule has 2 heterocycles. The number of non-ortho nitro benzene ring substituents is 1. The third-order valence-electron chi connectivity index (χ3n) is 6.13. The minimum absolute atomic E-state index is 0.0743. The third-order valence-corrected chi connectivity index (χ3v) is 8.06. The van der Waals surface area contributed by atoms with Crippen molar-refractivity contribution in [3.8, 4) is 0 Å². The molecule has 0 amide bonds. The Morgan fingerprint density at radius 2 is 1.73 bits per heavy atom. The Kier molecular flexibility index (Phi) is 6.06. The van der Waals surface area contributed by atoms with E-state index in [4.69, 9.17) is 0 Å². The number of aryl methyl sites for hydroxylation is 1. The summed E-state index contributed by atoms with van der Waals surface area (Å²) in [7, 11) is -3.77. The molecule has 0 spiro atoms. The molecule has 2 aliphatic heterocycles. The fourth-order valence-electron chi connectivity index (χ4n) is 4.56. The first-order chi connectivity index (χ1) is 14.5. The molecule has 0 N–H and O–H groups in total. The Morgan fingerprint density at radius 3 is 2.43 bits per heavy atom. The van der Waals surface area contributed by atoms with E-state index in [0.717, 1.165) is 45.1 Å². The predicted octanol–water partition coefficient (Wildman–Crippen LogP) is 3.98. The van der Waals surface area contributed by atoms with Crippen LogP contribution in [0, 0.1) is 10.1 Å². The number of hydrogen-bond donors (Lipinski definition) is 0. The van der Waals surface area contributed by atoms with Crippen molar-refractivity contribution in [3.63, 3.8) is 0 Å². The number of benzene rings is 2. The molecule has 2 aliphatic rings. The van der Waals surface area contributed by atoms with Crippen LogP contribution in [0.2, 0.25) is 0 Å². The van der Waals surface area contributed by atoms with Gasteiger partial charge in [-0.15, -0.1) is 0 Å². The van der Waals surface area contributed by atoms with E-state index in [1.54, 1.807) is 6.07 Å². The molecule has 0 bridgehead atoms. The van der Waals surface area contributed by atoms with Crippen molar-refractivity contribution in [3.05, 3.63) is 64.2 Å². The molecule has 0 aromatic heterocycles. The van der Waals surface area contributed by atoms with Gasteiger partial charge in [-0.2, -0.15) is 4.31 Å². The zero-order chi connectivity index (χ0) is 21.1. The maximum Gasteiger partial charge on any atom is 0.270 e. The van der Waals surface area contributed by atoms with Crippen LogP contribution in [-0.4, -0.2) is 43.3 Å². The summed E-state index contributed by atoms with van der Waals surface area (Å²) in [4.78, 5) is 13.0. The third kappa shape index (κ3) is 4.20. The van der Waals surface area contributed by atoms with Crippen LogP contribution >= 0.6 is 0 Å². The van der Waals surface area contributed by atoms with Crippen LogP contribution in [0.4, 0.5) is 11.4 Å². The van der Waals surface area contributed by atoms with Crippen LogP contribution in [0.5, 0.6) is 0 Å². The molecule has 2 fully saturated rings. The average molecular weight is 430 g/mol. The van der Waals surface area contributed by atoms with E-state index < -0.39 is 14.9 Å². The van der Waals surface area contributed by atoms with E-state index in [0.29, 0.717) is 18.8 Å². The van der Waals surface area contributed by atoms with Gasteiger partial charge in [-0.3, -0.25) is 10.1 Å². The van der Waals surface area contributed by atoms with Crippen molar-refractivity contribution in [2.24, 2.45) is 0 Å². The molecule has 4 rings (SSSR count). The van der Waals surface area contributed by atoms with Crippen molar-refractivity contribution < 1.29 is 13.3 Å². The second-order valence-electron chi connectivity index (χ2n) is 8.03. The maximum absolute atomic E-state index is 13.3. The lowest BCUT2D eigenvalue weighted by atomic mass is 10.0. The molecular weight excluding hydrogens is 402 g/mol. The van der Waals surface area contributed by atoms with E-state index in [-0.39, 0.29) is 16.6 Å². The van der Waals surface area contributed by atoms with Crippen LogP contribution in [0.3, 0.4) is 0 Å². The molecule has 1 unspecified atom stereocenters. The highest BCUT2D eigenvalue weighted by Crippen LogP contribution is 2.37. The molecule has 0 saturated carbocycles. The second kappa shape index (κ2) is 8.73. The summed E-state index contributed by atoms with van der Waals surface area (Å²) < 4.78 is 28.2. The molecule has 0 radical (unpaired) electrons. The lowest BCUT2D eigenvalue weighted by Gasteiger charge is -2.29. The summed E-state index contributed by atoms with van der Waals surface area (Å²) in [5.74, 6) is 0. The first kappa shape index (κ1) is 20.8. The van der Waals surface area contributed by atoms with Crippen molar-refractivity contribution in [2.45, 2.75) is 49.5 Å². The van der Waals surface area contributed by atoms with Crippen LogP contribution < -0.4 is 4.90 Å². The molecular formula is C22H27N3O4S. The van der Waals surface area contributed by atoms with E-state index in [2.05, 4.69) is 17.0 Å². The van der Waals surface area contributed by atoms with Crippen LogP contribution in [0.15, 0.2) is 53.4 Å². The summed E-state index contributed by atoms with van der Waals surface area (Å²) in [5, 5.41) is 11.3. The second-order valence-corrected chi connectivity index (χ2v) is 9.94. The van der Waals surface area contributed by atoms with Gasteiger partial charge in [-0.25, -0.2) is 8.42 Å². The summed E-state index contributed by atoms with van der Waals surface area (Å²) in [5.41, 5.74) is 1.68. The first-order valence-electron chi connectivity index (χ1n) is 10.6. The van der Waals surface area contributed by atoms with Crippen molar-refractivity contribution in [2.75, 3.05) is 24.5 Å². The molecule has 160 valence electrons. The number of nitrogens with zero attached hydrogens (tertiary/aromatic N) is 3. The normalized spacial score (nSPS) is 20.0. The molecule has 1 atom stereocenters. The van der Waals surface area contributed by atoms with Gasteiger partial charge < -0.3 is 4.90 Å². The Morgan fingerprint density at radius 1 is 1.00 bits per heavy atom. The Hall–Kier alpha value is -2.45. The van der Waals surface area contributed by atoms with E-state index >= 15 is 0 Å². The summed E-state index contributed by atoms with van der Waals surface area (Å²) >= 11 is 0. The van der Waals surface area contributed by atoms with Gasteiger partial charge in [0, 0.05) is 37.8 Å². The van der Waals surface area contributed by atoms with E-state index in [9.17, 15) is 18.5 Å². The lowest BCUT2D eigenvalue weighted by Crippen LogP contribution is -2.34. The number of anilines is 1. The van der Waals surface area contributed by atoms with Gasteiger partial charge in [0.05, 0.1) is 10.6 Å². The zero-order valence-corrected chi connectivity index (χ0v) is 17.8. The van der Waals surface area contributed by atoms with E-state index in [1.165, 1.54) is 22.0 Å². The number of nitro groups is 1. The predicted molar refractivity (Wildman–Crippen MR) is 116 cm³/mol. The molecule has 2 aromatic rings. The topological polar surface area (TPSA) is 83.8 Å². The SMILES string of the molecule is O=[N+]([O-])c1ccc(N2CCCC2CCc2ccccc2)c(S(=O)(=O)N2CCCC2)c1. The molecule has 0 aliphatic carbocycles. The van der Waals surface area contributed by atoms with Gasteiger partial charge in [0.1, 0.15) is 4.90 Å². The first-order valence-corrected chi connectivity index (χ1v) is 12.0. The lowest BCUT2D eigenvalue weighted by molar-refractivity contribution is -0.385. The monoisotopic (exact) mass is 429 g/mol. The largest absolute Gasteiger partial charge is 0.367 e. The molecule has 2 aromatic carbocycles. The Bertz CT molecular complexity index is 1000. The van der Waals surface area contributed by atoms with Crippen LogP contribution in [0.1, 0.15) is 37.7 Å². The molecule has 7 nitrogen and oxygen atoms in total. The fourth-order valence-corrected chi connectivity index (χ4v) is 6.30. The van der Waals surface area contributed by atoms with Crippen LogP contribution in [0.25, 0.3) is 0 Å². The Labute approximate surface area is 177 Å². The average Bonchev–Trinajstić information content (AvgIpc) is 3.45. The quantitative estimate of drug-likeness (QED) is 0.491. The fraction of sp³-hybridized carbons (Fsp3) is 0.455. The summed E-state index contributed by atoms with van der Waals surface area (Å²) in [6, 6.07) is 14.8.